The van der Waals surface area contributed by atoms with Crippen LogP contribution >= 0.6 is 24.2 Å². The Labute approximate surface area is 194 Å². The van der Waals surface area contributed by atoms with Crippen molar-refractivity contribution in [2.24, 2.45) is 0 Å². The quantitative estimate of drug-likeness (QED) is 0.750. The van der Waals surface area contributed by atoms with Crippen LogP contribution in [0.5, 0.6) is 0 Å². The minimum atomic E-state index is -0.00566. The molecular formula is C22H31ClN6OS. The zero-order valence-electron chi connectivity index (χ0n) is 17.9. The molecule has 9 heteroatoms. The molecule has 1 amide bonds. The molecule has 2 atom stereocenters. The molecule has 1 aromatic carbocycles. The van der Waals surface area contributed by atoms with Crippen LogP contribution in [0, 0.1) is 6.92 Å². The highest BCUT2D eigenvalue weighted by Crippen LogP contribution is 2.25. The molecule has 3 aliphatic heterocycles. The zero-order valence-corrected chi connectivity index (χ0v) is 19.6. The first-order valence-corrected chi connectivity index (χ1v) is 12.1. The maximum atomic E-state index is 12.7. The van der Waals surface area contributed by atoms with Crippen molar-refractivity contribution < 1.29 is 4.79 Å². The molecular weight excluding hydrogens is 432 g/mol. The Balaban J connectivity index is 0.00000231. The van der Waals surface area contributed by atoms with Gasteiger partial charge in [0.15, 0.2) is 0 Å². The van der Waals surface area contributed by atoms with Crippen LogP contribution in [0.25, 0.3) is 5.69 Å². The number of aryl methyl sites for hydroxylation is 1. The van der Waals surface area contributed by atoms with Crippen molar-refractivity contribution >= 4 is 35.9 Å². The van der Waals surface area contributed by atoms with Crippen LogP contribution in [0.15, 0.2) is 36.4 Å². The summed E-state index contributed by atoms with van der Waals surface area (Å²) in [7, 11) is 0. The second kappa shape index (κ2) is 9.81. The van der Waals surface area contributed by atoms with Crippen LogP contribution in [-0.2, 0) is 4.79 Å². The summed E-state index contributed by atoms with van der Waals surface area (Å²) in [5, 5.41) is 8.21. The lowest BCUT2D eigenvalue weighted by Crippen LogP contribution is -2.51. The molecule has 0 aliphatic carbocycles. The van der Waals surface area contributed by atoms with Crippen LogP contribution in [0.4, 0.5) is 5.82 Å². The first-order valence-electron chi connectivity index (χ1n) is 10.9. The van der Waals surface area contributed by atoms with Gasteiger partial charge in [0.05, 0.1) is 23.3 Å². The highest BCUT2D eigenvalue weighted by molar-refractivity contribution is 7.99. The zero-order chi connectivity index (χ0) is 20.5. The maximum Gasteiger partial charge on any atom is 0.240 e. The van der Waals surface area contributed by atoms with Gasteiger partial charge in [0, 0.05) is 57.1 Å². The van der Waals surface area contributed by atoms with E-state index in [1.807, 2.05) is 22.7 Å². The SMILES string of the molecule is Cc1cc(N2CCN([C@@H]3CN[C@H](C(=O)N4CCSC4)C3)CC2)n(-c2ccccc2)n1.Cl. The molecule has 1 N–H and O–H groups in total. The van der Waals surface area contributed by atoms with Gasteiger partial charge in [0.25, 0.3) is 0 Å². The van der Waals surface area contributed by atoms with Crippen molar-refractivity contribution in [2.75, 3.05) is 55.8 Å². The van der Waals surface area contributed by atoms with Crippen LogP contribution < -0.4 is 10.2 Å². The minimum Gasteiger partial charge on any atom is -0.354 e. The number of hydrogen-bond donors (Lipinski definition) is 1. The Morgan fingerprint density at radius 2 is 1.90 bits per heavy atom. The minimum absolute atomic E-state index is 0. The van der Waals surface area contributed by atoms with Gasteiger partial charge >= 0.3 is 0 Å². The highest BCUT2D eigenvalue weighted by Gasteiger charge is 2.36. The van der Waals surface area contributed by atoms with Crippen molar-refractivity contribution in [3.63, 3.8) is 0 Å². The van der Waals surface area contributed by atoms with Gasteiger partial charge < -0.3 is 15.1 Å². The number of para-hydroxylation sites is 1. The Hall–Kier alpha value is -1.74. The summed E-state index contributed by atoms with van der Waals surface area (Å²) in [6.07, 6.45) is 0.932. The van der Waals surface area contributed by atoms with Gasteiger partial charge in [-0.3, -0.25) is 9.69 Å². The summed E-state index contributed by atoms with van der Waals surface area (Å²) < 4.78 is 2.06. The van der Waals surface area contributed by atoms with Gasteiger partial charge in [-0.05, 0) is 25.5 Å². The van der Waals surface area contributed by atoms with Crippen LogP contribution in [-0.4, -0.2) is 88.5 Å². The van der Waals surface area contributed by atoms with Gasteiger partial charge in [0.2, 0.25) is 5.91 Å². The molecule has 0 bridgehead atoms. The number of anilines is 1. The topological polar surface area (TPSA) is 56.6 Å². The molecule has 0 saturated carbocycles. The molecule has 1 aromatic heterocycles. The van der Waals surface area contributed by atoms with E-state index in [0.717, 1.165) is 68.7 Å². The lowest BCUT2D eigenvalue weighted by Gasteiger charge is -2.38. The van der Waals surface area contributed by atoms with E-state index in [1.54, 1.807) is 0 Å². The Morgan fingerprint density at radius 1 is 1.13 bits per heavy atom. The average Bonchev–Trinajstić information content (AvgIpc) is 3.55. The summed E-state index contributed by atoms with van der Waals surface area (Å²) in [6.45, 7) is 7.88. The second-order valence-electron chi connectivity index (χ2n) is 8.40. The van der Waals surface area contributed by atoms with Crippen molar-refractivity contribution in [1.29, 1.82) is 0 Å². The predicted molar refractivity (Wildman–Crippen MR) is 129 cm³/mol. The fourth-order valence-corrected chi connectivity index (χ4v) is 5.73. The predicted octanol–water partition coefficient (Wildman–Crippen LogP) is 1.99. The first-order chi connectivity index (χ1) is 14.7. The third-order valence-electron chi connectivity index (χ3n) is 6.44. The van der Waals surface area contributed by atoms with Gasteiger partial charge in [-0.25, -0.2) is 4.68 Å². The van der Waals surface area contributed by atoms with Crippen molar-refractivity contribution in [1.82, 2.24) is 24.9 Å². The number of piperazine rings is 1. The number of nitrogens with one attached hydrogen (secondary N) is 1. The molecule has 0 spiro atoms. The number of rotatable bonds is 4. The van der Waals surface area contributed by atoms with Crippen LogP contribution in [0.2, 0.25) is 0 Å². The van der Waals surface area contributed by atoms with Crippen molar-refractivity contribution in [3.8, 4) is 5.69 Å². The molecule has 4 heterocycles. The average molecular weight is 463 g/mol. The number of hydrogen-bond acceptors (Lipinski definition) is 6. The summed E-state index contributed by atoms with van der Waals surface area (Å²) in [5.74, 6) is 3.39. The number of thioether (sulfide) groups is 1. The number of carbonyl (C=O) groups is 1. The monoisotopic (exact) mass is 462 g/mol. The molecule has 3 saturated heterocycles. The maximum absolute atomic E-state index is 12.7. The summed E-state index contributed by atoms with van der Waals surface area (Å²) in [5.41, 5.74) is 2.14. The van der Waals surface area contributed by atoms with E-state index in [0.29, 0.717) is 11.9 Å². The van der Waals surface area contributed by atoms with Crippen molar-refractivity contribution in [3.05, 3.63) is 42.1 Å². The van der Waals surface area contributed by atoms with E-state index < -0.39 is 0 Å². The molecule has 0 unspecified atom stereocenters. The van der Waals surface area contributed by atoms with E-state index in [1.165, 1.54) is 5.82 Å². The number of aromatic nitrogens is 2. The third-order valence-corrected chi connectivity index (χ3v) is 7.40. The molecule has 5 rings (SSSR count). The fraction of sp³-hybridized carbons (Fsp3) is 0.545. The molecule has 3 fully saturated rings. The standard InChI is InChI=1S/C22H30N6OS.ClH/c1-17-13-21(28(24-17)18-5-3-2-4-6-18)26-9-7-25(8-10-26)19-14-20(23-15-19)22(29)27-11-12-30-16-27;/h2-6,13,19-20,23H,7-12,14-16H2,1H3;1H/t19-,20-;/m0./s1. The molecule has 31 heavy (non-hydrogen) atoms. The lowest BCUT2D eigenvalue weighted by atomic mass is 10.1. The van der Waals surface area contributed by atoms with Gasteiger partial charge in [-0.1, -0.05) is 18.2 Å². The number of amides is 1. The second-order valence-corrected chi connectivity index (χ2v) is 9.48. The first kappa shape index (κ1) is 22.5. The smallest absolute Gasteiger partial charge is 0.240 e. The fourth-order valence-electron chi connectivity index (χ4n) is 4.78. The Bertz CT molecular complexity index is 879. The molecule has 0 radical (unpaired) electrons. The third kappa shape index (κ3) is 4.72. The number of halogens is 1. The Kier molecular flexibility index (Phi) is 7.11. The molecule has 2 aromatic rings. The van der Waals surface area contributed by atoms with E-state index >= 15 is 0 Å². The molecule has 7 nitrogen and oxygen atoms in total. The van der Waals surface area contributed by atoms with E-state index in [2.05, 4.69) is 57.1 Å². The Morgan fingerprint density at radius 3 is 2.61 bits per heavy atom. The highest BCUT2D eigenvalue weighted by atomic mass is 35.5. The number of nitrogens with zero attached hydrogens (tertiary/aromatic N) is 5. The van der Waals surface area contributed by atoms with Crippen molar-refractivity contribution in [2.45, 2.75) is 25.4 Å². The van der Waals surface area contributed by atoms with Crippen LogP contribution in [0.1, 0.15) is 12.1 Å². The number of carbonyl (C=O) groups excluding carboxylic acids is 1. The largest absolute Gasteiger partial charge is 0.354 e. The van der Waals surface area contributed by atoms with E-state index in [-0.39, 0.29) is 18.4 Å². The molecule has 168 valence electrons. The van der Waals surface area contributed by atoms with E-state index in [4.69, 9.17) is 5.10 Å². The normalized spacial score (nSPS) is 24.4. The lowest BCUT2D eigenvalue weighted by molar-refractivity contribution is -0.131. The summed E-state index contributed by atoms with van der Waals surface area (Å²) in [4.78, 5) is 19.7. The van der Waals surface area contributed by atoms with Gasteiger partial charge in [0.1, 0.15) is 5.82 Å². The number of benzene rings is 1. The van der Waals surface area contributed by atoms with Gasteiger partial charge in [-0.15, -0.1) is 24.2 Å². The summed E-state index contributed by atoms with van der Waals surface area (Å²) >= 11 is 1.85. The van der Waals surface area contributed by atoms with E-state index in [9.17, 15) is 4.79 Å². The van der Waals surface area contributed by atoms with Gasteiger partial charge in [-0.2, -0.15) is 5.10 Å². The molecule has 3 aliphatic rings. The summed E-state index contributed by atoms with van der Waals surface area (Å²) in [6, 6.07) is 13.0. The van der Waals surface area contributed by atoms with Crippen LogP contribution in [0.3, 0.4) is 0 Å².